The molecule has 21 heavy (non-hydrogen) atoms. The van der Waals surface area contributed by atoms with Crippen molar-refractivity contribution in [2.45, 2.75) is 64.0 Å². The number of aryl methyl sites for hydroxylation is 1. The maximum atomic E-state index is 5.50. The third-order valence-corrected chi connectivity index (χ3v) is 4.16. The van der Waals surface area contributed by atoms with E-state index in [0.717, 1.165) is 50.0 Å². The summed E-state index contributed by atoms with van der Waals surface area (Å²) in [5, 5.41) is 11.0. The van der Waals surface area contributed by atoms with E-state index in [1.807, 2.05) is 6.07 Å². The van der Waals surface area contributed by atoms with Gasteiger partial charge in [-0.3, -0.25) is 0 Å². The molecule has 120 valence electrons. The molecular formula is C16H30N4O. The molecule has 1 aliphatic rings. The summed E-state index contributed by atoms with van der Waals surface area (Å²) in [6.07, 6.45) is 10.2. The maximum absolute atomic E-state index is 5.50. The van der Waals surface area contributed by atoms with Crippen LogP contribution in [0.15, 0.2) is 10.6 Å². The van der Waals surface area contributed by atoms with Gasteiger partial charge in [-0.2, -0.15) is 0 Å². The summed E-state index contributed by atoms with van der Waals surface area (Å²) in [4.78, 5) is 0. The lowest BCUT2D eigenvalue weighted by molar-refractivity contribution is 0.369. The van der Waals surface area contributed by atoms with Crippen LogP contribution in [-0.4, -0.2) is 30.8 Å². The summed E-state index contributed by atoms with van der Waals surface area (Å²) in [5.41, 5.74) is 6.34. The van der Waals surface area contributed by atoms with Gasteiger partial charge in [-0.15, -0.1) is 0 Å². The number of rotatable bonds is 10. The highest BCUT2D eigenvalue weighted by Crippen LogP contribution is 2.17. The van der Waals surface area contributed by atoms with E-state index < -0.39 is 0 Å². The number of aromatic nitrogens is 1. The average molecular weight is 294 g/mol. The quantitative estimate of drug-likeness (QED) is 0.575. The Labute approximate surface area is 128 Å². The molecule has 0 unspecified atom stereocenters. The molecule has 0 aromatic carbocycles. The first kappa shape index (κ1) is 16.5. The standard InChI is InChI=1S/C16H30N4O/c17-13-15-12-16(21-20-15)8-4-9-18-10-5-11-19-14-6-2-1-3-7-14/h12,14,18-19H,1-11,13,17H2. The Morgan fingerprint density at radius 2 is 1.95 bits per heavy atom. The van der Waals surface area contributed by atoms with Crippen LogP contribution < -0.4 is 16.4 Å². The van der Waals surface area contributed by atoms with Crippen LogP contribution in [0.1, 0.15) is 56.4 Å². The van der Waals surface area contributed by atoms with Gasteiger partial charge in [0.1, 0.15) is 5.76 Å². The molecule has 5 nitrogen and oxygen atoms in total. The van der Waals surface area contributed by atoms with Crippen molar-refractivity contribution in [3.8, 4) is 0 Å². The van der Waals surface area contributed by atoms with E-state index in [-0.39, 0.29) is 0 Å². The Bertz CT molecular complexity index is 374. The molecule has 0 aliphatic heterocycles. The summed E-state index contributed by atoms with van der Waals surface area (Å²) >= 11 is 0. The van der Waals surface area contributed by atoms with Crippen LogP contribution in [0.3, 0.4) is 0 Å². The first-order valence-corrected chi connectivity index (χ1v) is 8.47. The minimum Gasteiger partial charge on any atom is -0.361 e. The van der Waals surface area contributed by atoms with Gasteiger partial charge < -0.3 is 20.9 Å². The van der Waals surface area contributed by atoms with Gasteiger partial charge in [-0.1, -0.05) is 24.4 Å². The van der Waals surface area contributed by atoms with E-state index in [1.54, 1.807) is 0 Å². The number of hydrogen-bond acceptors (Lipinski definition) is 5. The molecule has 1 aromatic rings. The van der Waals surface area contributed by atoms with Crippen molar-refractivity contribution in [3.05, 3.63) is 17.5 Å². The Hall–Kier alpha value is -0.910. The van der Waals surface area contributed by atoms with Gasteiger partial charge >= 0.3 is 0 Å². The highest BCUT2D eigenvalue weighted by atomic mass is 16.5. The third-order valence-electron chi connectivity index (χ3n) is 4.16. The Morgan fingerprint density at radius 1 is 1.14 bits per heavy atom. The van der Waals surface area contributed by atoms with E-state index in [4.69, 9.17) is 10.3 Å². The SMILES string of the molecule is NCc1cc(CCCNCCCNC2CCCCC2)on1. The topological polar surface area (TPSA) is 76.1 Å². The van der Waals surface area contributed by atoms with Crippen molar-refractivity contribution in [2.24, 2.45) is 5.73 Å². The molecule has 1 saturated carbocycles. The molecule has 0 amide bonds. The monoisotopic (exact) mass is 294 g/mol. The Morgan fingerprint density at radius 3 is 2.71 bits per heavy atom. The van der Waals surface area contributed by atoms with E-state index in [2.05, 4.69) is 15.8 Å². The molecule has 2 rings (SSSR count). The van der Waals surface area contributed by atoms with Crippen molar-refractivity contribution in [1.82, 2.24) is 15.8 Å². The lowest BCUT2D eigenvalue weighted by Gasteiger charge is -2.22. The predicted molar refractivity (Wildman–Crippen MR) is 85.1 cm³/mol. The molecule has 1 aromatic heterocycles. The van der Waals surface area contributed by atoms with Crippen molar-refractivity contribution in [3.63, 3.8) is 0 Å². The summed E-state index contributed by atoms with van der Waals surface area (Å²) in [7, 11) is 0. The van der Waals surface area contributed by atoms with Crippen molar-refractivity contribution >= 4 is 0 Å². The minimum atomic E-state index is 0.454. The second kappa shape index (κ2) is 9.92. The van der Waals surface area contributed by atoms with Crippen LogP contribution in [0, 0.1) is 0 Å². The zero-order valence-corrected chi connectivity index (χ0v) is 13.1. The second-order valence-electron chi connectivity index (χ2n) is 5.98. The molecule has 1 aliphatic carbocycles. The lowest BCUT2D eigenvalue weighted by Crippen LogP contribution is -2.33. The van der Waals surface area contributed by atoms with E-state index >= 15 is 0 Å². The smallest absolute Gasteiger partial charge is 0.137 e. The zero-order chi connectivity index (χ0) is 14.8. The summed E-state index contributed by atoms with van der Waals surface area (Å²) in [6.45, 7) is 3.71. The normalized spacial score (nSPS) is 16.4. The summed E-state index contributed by atoms with van der Waals surface area (Å²) < 4.78 is 5.20. The first-order chi connectivity index (χ1) is 10.4. The van der Waals surface area contributed by atoms with Crippen LogP contribution in [0.4, 0.5) is 0 Å². The Balaban J connectivity index is 1.39. The average Bonchev–Trinajstić information content (AvgIpc) is 2.99. The highest BCUT2D eigenvalue weighted by Gasteiger charge is 2.11. The molecule has 0 spiro atoms. The fourth-order valence-corrected chi connectivity index (χ4v) is 2.91. The van der Waals surface area contributed by atoms with Crippen LogP contribution in [0.25, 0.3) is 0 Å². The molecule has 0 saturated heterocycles. The molecule has 1 heterocycles. The summed E-state index contributed by atoms with van der Waals surface area (Å²) in [5.74, 6) is 0.941. The largest absolute Gasteiger partial charge is 0.361 e. The molecule has 5 heteroatoms. The van der Waals surface area contributed by atoms with Crippen LogP contribution >= 0.6 is 0 Å². The van der Waals surface area contributed by atoms with Crippen LogP contribution in [-0.2, 0) is 13.0 Å². The van der Waals surface area contributed by atoms with Crippen LogP contribution in [0.5, 0.6) is 0 Å². The van der Waals surface area contributed by atoms with Gasteiger partial charge in [0.2, 0.25) is 0 Å². The molecule has 0 bridgehead atoms. The van der Waals surface area contributed by atoms with Gasteiger partial charge in [0, 0.05) is 25.1 Å². The van der Waals surface area contributed by atoms with Gasteiger partial charge in [0.05, 0.1) is 5.69 Å². The van der Waals surface area contributed by atoms with Crippen LogP contribution in [0.2, 0.25) is 0 Å². The van der Waals surface area contributed by atoms with Gasteiger partial charge in [-0.05, 0) is 45.3 Å². The Kier molecular flexibility index (Phi) is 7.78. The molecule has 0 atom stereocenters. The predicted octanol–water partition coefficient (Wildman–Crippen LogP) is 1.97. The minimum absolute atomic E-state index is 0.454. The van der Waals surface area contributed by atoms with Crippen molar-refractivity contribution < 1.29 is 4.52 Å². The second-order valence-corrected chi connectivity index (χ2v) is 5.98. The molecular weight excluding hydrogens is 264 g/mol. The molecule has 4 N–H and O–H groups in total. The van der Waals surface area contributed by atoms with Gasteiger partial charge in [0.25, 0.3) is 0 Å². The van der Waals surface area contributed by atoms with Gasteiger partial charge in [0.15, 0.2) is 0 Å². The van der Waals surface area contributed by atoms with Crippen molar-refractivity contribution in [2.75, 3.05) is 19.6 Å². The number of hydrogen-bond donors (Lipinski definition) is 3. The summed E-state index contributed by atoms with van der Waals surface area (Å²) in [6, 6.07) is 2.73. The molecule has 0 radical (unpaired) electrons. The highest BCUT2D eigenvalue weighted by molar-refractivity contribution is 5.04. The van der Waals surface area contributed by atoms with Gasteiger partial charge in [-0.25, -0.2) is 0 Å². The number of nitrogens with two attached hydrogens (primary N) is 1. The maximum Gasteiger partial charge on any atom is 0.137 e. The lowest BCUT2D eigenvalue weighted by atomic mass is 9.95. The third kappa shape index (κ3) is 6.59. The fourth-order valence-electron chi connectivity index (χ4n) is 2.91. The number of nitrogens with one attached hydrogen (secondary N) is 2. The van der Waals surface area contributed by atoms with Crippen molar-refractivity contribution in [1.29, 1.82) is 0 Å². The van der Waals surface area contributed by atoms with E-state index in [1.165, 1.54) is 38.5 Å². The molecule has 1 fully saturated rings. The zero-order valence-electron chi connectivity index (χ0n) is 13.1. The van der Waals surface area contributed by atoms with E-state index in [0.29, 0.717) is 6.54 Å². The van der Waals surface area contributed by atoms with E-state index in [9.17, 15) is 0 Å². The number of nitrogens with zero attached hydrogens (tertiary/aromatic N) is 1. The first-order valence-electron chi connectivity index (χ1n) is 8.47. The fraction of sp³-hybridized carbons (Fsp3) is 0.812.